The Hall–Kier alpha value is -3.00. The summed E-state index contributed by atoms with van der Waals surface area (Å²) in [5, 5.41) is 12.6. The number of thioether (sulfide) groups is 1. The Labute approximate surface area is 165 Å². The smallest absolute Gasteiger partial charge is 0.234 e. The van der Waals surface area contributed by atoms with E-state index in [0.29, 0.717) is 10.8 Å². The van der Waals surface area contributed by atoms with Crippen molar-refractivity contribution in [2.45, 2.75) is 25.0 Å². The Morgan fingerprint density at radius 2 is 2.00 bits per heavy atom. The maximum atomic E-state index is 13.2. The molecule has 2 aromatic carbocycles. The predicted octanol–water partition coefficient (Wildman–Crippen LogP) is 4.43. The molecule has 142 valence electrons. The van der Waals surface area contributed by atoms with Crippen LogP contribution >= 0.6 is 11.8 Å². The van der Waals surface area contributed by atoms with Crippen molar-refractivity contribution >= 4 is 45.4 Å². The van der Waals surface area contributed by atoms with E-state index in [-0.39, 0.29) is 17.7 Å². The summed E-state index contributed by atoms with van der Waals surface area (Å²) >= 11 is 1.19. The van der Waals surface area contributed by atoms with E-state index in [1.54, 1.807) is 12.1 Å². The summed E-state index contributed by atoms with van der Waals surface area (Å²) in [6, 6.07) is 14.0. The van der Waals surface area contributed by atoms with Gasteiger partial charge in [-0.2, -0.15) is 0 Å². The normalized spacial score (nSPS) is 11.4. The van der Waals surface area contributed by atoms with Crippen LogP contribution in [0, 0.1) is 5.82 Å². The summed E-state index contributed by atoms with van der Waals surface area (Å²) in [5.74, 6) is -0.556. The highest BCUT2D eigenvalue weighted by atomic mass is 32.2. The minimum Gasteiger partial charge on any atom is -0.325 e. The predicted molar refractivity (Wildman–Crippen MR) is 109 cm³/mol. The van der Waals surface area contributed by atoms with Crippen LogP contribution in [0.15, 0.2) is 53.7 Å². The molecule has 1 N–H and O–H groups in total. The molecular formula is C20H18FN5OS. The van der Waals surface area contributed by atoms with Gasteiger partial charge in [-0.3, -0.25) is 4.79 Å². The Balaban J connectivity index is 1.57. The first kappa shape index (κ1) is 18.4. The maximum absolute atomic E-state index is 13.2. The molecule has 0 radical (unpaired) electrons. The van der Waals surface area contributed by atoms with Gasteiger partial charge in [0.1, 0.15) is 11.3 Å². The fraction of sp³-hybridized carbons (Fsp3) is 0.200. The molecule has 2 heterocycles. The Bertz CT molecular complexity index is 1170. The standard InChI is InChI=1S/C20H18FN5OS/c1-12(2)26-16-9-4-3-8-15(16)18-19(26)23-20(25-24-18)28-11-17(27)22-14-7-5-6-13(21)10-14/h3-10,12H,11H2,1-2H3,(H,22,27). The lowest BCUT2D eigenvalue weighted by molar-refractivity contribution is -0.113. The lowest BCUT2D eigenvalue weighted by atomic mass is 10.2. The van der Waals surface area contributed by atoms with Crippen LogP contribution in [0.25, 0.3) is 22.1 Å². The fourth-order valence-corrected chi connectivity index (χ4v) is 3.70. The van der Waals surface area contributed by atoms with Crippen LogP contribution in [0.4, 0.5) is 10.1 Å². The molecule has 0 saturated heterocycles. The van der Waals surface area contributed by atoms with Gasteiger partial charge in [-0.05, 0) is 38.1 Å². The summed E-state index contributed by atoms with van der Waals surface area (Å²) in [6.45, 7) is 4.18. The molecule has 0 bridgehead atoms. The van der Waals surface area contributed by atoms with Crippen LogP contribution in [0.1, 0.15) is 19.9 Å². The fourth-order valence-electron chi connectivity index (χ4n) is 3.12. The average molecular weight is 395 g/mol. The number of carbonyl (C=O) groups excluding carboxylic acids is 1. The number of anilines is 1. The van der Waals surface area contributed by atoms with E-state index in [9.17, 15) is 9.18 Å². The van der Waals surface area contributed by atoms with Gasteiger partial charge in [-0.25, -0.2) is 9.37 Å². The molecule has 1 amide bonds. The van der Waals surface area contributed by atoms with Crippen LogP contribution in [-0.4, -0.2) is 31.4 Å². The van der Waals surface area contributed by atoms with Crippen molar-refractivity contribution < 1.29 is 9.18 Å². The van der Waals surface area contributed by atoms with E-state index in [2.05, 4.69) is 38.9 Å². The number of nitrogens with zero attached hydrogens (tertiary/aromatic N) is 4. The molecule has 0 aliphatic heterocycles. The van der Waals surface area contributed by atoms with Gasteiger partial charge >= 0.3 is 0 Å². The molecule has 28 heavy (non-hydrogen) atoms. The number of nitrogens with one attached hydrogen (secondary N) is 1. The first-order valence-electron chi connectivity index (χ1n) is 8.84. The number of halogens is 1. The molecule has 0 aliphatic rings. The molecule has 0 atom stereocenters. The van der Waals surface area contributed by atoms with E-state index < -0.39 is 5.82 Å². The third-order valence-corrected chi connectivity index (χ3v) is 5.09. The number of fused-ring (bicyclic) bond motifs is 3. The summed E-state index contributed by atoms with van der Waals surface area (Å²) in [7, 11) is 0. The summed E-state index contributed by atoms with van der Waals surface area (Å²) in [6.07, 6.45) is 0. The van der Waals surface area contributed by atoms with Gasteiger partial charge in [-0.15, -0.1) is 10.2 Å². The molecule has 0 saturated carbocycles. The number of benzene rings is 2. The minimum atomic E-state index is -0.398. The number of hydrogen-bond acceptors (Lipinski definition) is 5. The number of carbonyl (C=O) groups is 1. The van der Waals surface area contributed by atoms with Gasteiger partial charge < -0.3 is 9.88 Å². The molecule has 0 aliphatic carbocycles. The molecular weight excluding hydrogens is 377 g/mol. The second-order valence-corrected chi connectivity index (χ2v) is 7.54. The van der Waals surface area contributed by atoms with Crippen molar-refractivity contribution in [1.29, 1.82) is 0 Å². The zero-order chi connectivity index (χ0) is 19.7. The molecule has 8 heteroatoms. The summed E-state index contributed by atoms with van der Waals surface area (Å²) in [4.78, 5) is 16.8. The first-order valence-corrected chi connectivity index (χ1v) is 9.83. The van der Waals surface area contributed by atoms with E-state index in [1.165, 1.54) is 23.9 Å². The first-order chi connectivity index (χ1) is 13.5. The zero-order valence-electron chi connectivity index (χ0n) is 15.4. The number of para-hydroxylation sites is 1. The van der Waals surface area contributed by atoms with Crippen LogP contribution < -0.4 is 5.32 Å². The number of aromatic nitrogens is 4. The van der Waals surface area contributed by atoms with Crippen molar-refractivity contribution in [3.05, 3.63) is 54.3 Å². The lowest BCUT2D eigenvalue weighted by Crippen LogP contribution is -2.14. The molecule has 2 aromatic heterocycles. The maximum Gasteiger partial charge on any atom is 0.234 e. The van der Waals surface area contributed by atoms with Crippen molar-refractivity contribution in [2.24, 2.45) is 0 Å². The second-order valence-electron chi connectivity index (χ2n) is 6.59. The van der Waals surface area contributed by atoms with Gasteiger partial charge in [0, 0.05) is 17.1 Å². The Morgan fingerprint density at radius 1 is 1.18 bits per heavy atom. The van der Waals surface area contributed by atoms with E-state index in [4.69, 9.17) is 0 Å². The third-order valence-electron chi connectivity index (χ3n) is 4.25. The van der Waals surface area contributed by atoms with Gasteiger partial charge in [0.25, 0.3) is 0 Å². The van der Waals surface area contributed by atoms with Crippen LogP contribution in [0.3, 0.4) is 0 Å². The lowest BCUT2D eigenvalue weighted by Gasteiger charge is -2.10. The number of rotatable bonds is 5. The number of amides is 1. The van der Waals surface area contributed by atoms with Crippen LogP contribution in [0.5, 0.6) is 0 Å². The van der Waals surface area contributed by atoms with Gasteiger partial charge in [0.15, 0.2) is 5.65 Å². The highest BCUT2D eigenvalue weighted by Gasteiger charge is 2.17. The van der Waals surface area contributed by atoms with E-state index >= 15 is 0 Å². The molecule has 4 rings (SSSR count). The molecule has 6 nitrogen and oxygen atoms in total. The van der Waals surface area contributed by atoms with Gasteiger partial charge in [0.05, 0.1) is 11.3 Å². The summed E-state index contributed by atoms with van der Waals surface area (Å²) in [5.41, 5.74) is 2.97. The monoisotopic (exact) mass is 395 g/mol. The highest BCUT2D eigenvalue weighted by molar-refractivity contribution is 7.99. The van der Waals surface area contributed by atoms with E-state index in [1.807, 2.05) is 24.3 Å². The minimum absolute atomic E-state index is 0.103. The Kier molecular flexibility index (Phi) is 4.95. The summed E-state index contributed by atoms with van der Waals surface area (Å²) < 4.78 is 15.3. The highest BCUT2D eigenvalue weighted by Crippen LogP contribution is 2.29. The number of hydrogen-bond donors (Lipinski definition) is 1. The SMILES string of the molecule is CC(C)n1c2ccccc2c2nnc(SCC(=O)Nc3cccc(F)c3)nc21. The largest absolute Gasteiger partial charge is 0.325 e. The zero-order valence-corrected chi connectivity index (χ0v) is 16.2. The van der Waals surface area contributed by atoms with Gasteiger partial charge in [-0.1, -0.05) is 36.0 Å². The molecule has 4 aromatic rings. The van der Waals surface area contributed by atoms with Gasteiger partial charge in [0.2, 0.25) is 11.1 Å². The quantitative estimate of drug-likeness (QED) is 0.506. The molecule has 0 fully saturated rings. The molecule has 0 unspecified atom stereocenters. The topological polar surface area (TPSA) is 72.7 Å². The molecule has 0 spiro atoms. The van der Waals surface area contributed by atoms with Crippen LogP contribution in [-0.2, 0) is 4.79 Å². The van der Waals surface area contributed by atoms with Crippen molar-refractivity contribution in [3.8, 4) is 0 Å². The Morgan fingerprint density at radius 3 is 2.79 bits per heavy atom. The van der Waals surface area contributed by atoms with E-state index in [0.717, 1.165) is 22.1 Å². The van der Waals surface area contributed by atoms with Crippen molar-refractivity contribution in [1.82, 2.24) is 19.7 Å². The third kappa shape index (κ3) is 3.55. The van der Waals surface area contributed by atoms with Crippen LogP contribution in [0.2, 0.25) is 0 Å². The van der Waals surface area contributed by atoms with Crippen molar-refractivity contribution in [2.75, 3.05) is 11.1 Å². The second kappa shape index (κ2) is 7.55. The average Bonchev–Trinajstić information content (AvgIpc) is 3.00. The van der Waals surface area contributed by atoms with Crippen molar-refractivity contribution in [3.63, 3.8) is 0 Å².